The maximum Gasteiger partial charge on any atom is 0.490 e. The lowest BCUT2D eigenvalue weighted by molar-refractivity contribution is -0.394. The van der Waals surface area contributed by atoms with Crippen LogP contribution in [0, 0.1) is 16.0 Å². The van der Waals surface area contributed by atoms with E-state index in [2.05, 4.69) is 14.8 Å². The number of aromatic nitrogens is 3. The molecule has 0 aliphatic heterocycles. The monoisotopic (exact) mass is 226 g/mol. The fourth-order valence-corrected chi connectivity index (χ4v) is 1.53. The second-order valence-electron chi connectivity index (χ2n) is 3.59. The van der Waals surface area contributed by atoms with Gasteiger partial charge in [0.05, 0.1) is 7.11 Å². The number of nitro groups is 1. The molecule has 86 valence electrons. The van der Waals surface area contributed by atoms with Gasteiger partial charge >= 0.3 is 11.9 Å². The number of rotatable bonds is 4. The van der Waals surface area contributed by atoms with Crippen molar-refractivity contribution in [2.45, 2.75) is 18.9 Å². The zero-order valence-electron chi connectivity index (χ0n) is 8.57. The Labute approximate surface area is 90.4 Å². The maximum atomic E-state index is 11.5. The van der Waals surface area contributed by atoms with Gasteiger partial charge in [0, 0.05) is 5.10 Å². The van der Waals surface area contributed by atoms with Crippen LogP contribution in [0.1, 0.15) is 18.9 Å². The Morgan fingerprint density at radius 1 is 1.75 bits per heavy atom. The third-order valence-electron chi connectivity index (χ3n) is 2.46. The minimum absolute atomic E-state index is 0.147. The molecule has 1 aliphatic rings. The zero-order valence-corrected chi connectivity index (χ0v) is 8.57. The van der Waals surface area contributed by atoms with Crippen molar-refractivity contribution in [1.29, 1.82) is 0 Å². The molecule has 0 aromatic carbocycles. The smallest absolute Gasteiger partial charge is 0.467 e. The van der Waals surface area contributed by atoms with Crippen molar-refractivity contribution in [3.05, 3.63) is 16.4 Å². The van der Waals surface area contributed by atoms with Crippen molar-refractivity contribution in [3.63, 3.8) is 0 Å². The predicted octanol–water partition coefficient (Wildman–Crippen LogP) is 0.310. The Balaban J connectivity index is 2.24. The minimum Gasteiger partial charge on any atom is -0.467 e. The Kier molecular flexibility index (Phi) is 2.55. The molecule has 1 aromatic heterocycles. The molecule has 8 nitrogen and oxygen atoms in total. The Morgan fingerprint density at radius 2 is 2.44 bits per heavy atom. The third-order valence-corrected chi connectivity index (χ3v) is 2.46. The number of esters is 1. The SMILES string of the molecule is COC(=O)C(C1CC1)n1cnc([N+](=O)[O-])n1. The van der Waals surface area contributed by atoms with Crippen molar-refractivity contribution in [2.75, 3.05) is 7.11 Å². The van der Waals surface area contributed by atoms with E-state index in [0.29, 0.717) is 0 Å². The average Bonchev–Trinajstić information content (AvgIpc) is 2.95. The van der Waals surface area contributed by atoms with E-state index < -0.39 is 22.9 Å². The first-order valence-electron chi connectivity index (χ1n) is 4.77. The first-order chi connectivity index (χ1) is 7.63. The topological polar surface area (TPSA) is 100 Å². The predicted molar refractivity (Wildman–Crippen MR) is 50.5 cm³/mol. The van der Waals surface area contributed by atoms with Gasteiger partial charge in [-0.2, -0.15) is 4.68 Å². The van der Waals surface area contributed by atoms with Gasteiger partial charge in [-0.1, -0.05) is 4.98 Å². The van der Waals surface area contributed by atoms with E-state index in [-0.39, 0.29) is 5.92 Å². The second-order valence-corrected chi connectivity index (χ2v) is 3.59. The van der Waals surface area contributed by atoms with Crippen molar-refractivity contribution in [2.24, 2.45) is 5.92 Å². The van der Waals surface area contributed by atoms with Crippen LogP contribution < -0.4 is 0 Å². The van der Waals surface area contributed by atoms with Crippen molar-refractivity contribution in [3.8, 4) is 0 Å². The molecular weight excluding hydrogens is 216 g/mol. The van der Waals surface area contributed by atoms with Gasteiger partial charge in [-0.3, -0.25) is 0 Å². The normalized spacial score (nSPS) is 16.8. The molecule has 1 heterocycles. The number of hydrogen-bond acceptors (Lipinski definition) is 6. The molecular formula is C8H10N4O4. The maximum absolute atomic E-state index is 11.5. The Morgan fingerprint density at radius 3 is 2.88 bits per heavy atom. The first kappa shape index (κ1) is 10.5. The van der Waals surface area contributed by atoms with Gasteiger partial charge in [0.25, 0.3) is 0 Å². The fraction of sp³-hybridized carbons (Fsp3) is 0.625. The van der Waals surface area contributed by atoms with E-state index >= 15 is 0 Å². The highest BCUT2D eigenvalue weighted by atomic mass is 16.6. The van der Waals surface area contributed by atoms with E-state index in [1.807, 2.05) is 0 Å². The molecule has 1 fully saturated rings. The number of methoxy groups -OCH3 is 1. The third kappa shape index (κ3) is 1.86. The van der Waals surface area contributed by atoms with E-state index in [9.17, 15) is 14.9 Å². The van der Waals surface area contributed by atoms with Crippen LogP contribution in [0.4, 0.5) is 5.95 Å². The molecule has 0 saturated heterocycles. The minimum atomic E-state index is -0.697. The molecule has 1 atom stereocenters. The van der Waals surface area contributed by atoms with Gasteiger partial charge in [-0.05, 0) is 23.7 Å². The number of ether oxygens (including phenoxy) is 1. The van der Waals surface area contributed by atoms with Crippen LogP contribution in [0.3, 0.4) is 0 Å². The standard InChI is InChI=1S/C8H10N4O4/c1-16-7(13)6(5-2-3-5)11-4-9-8(10-11)12(14)15/h4-6H,2-3H2,1H3. The van der Waals surface area contributed by atoms with E-state index in [1.165, 1.54) is 18.1 Å². The number of hydrogen-bond donors (Lipinski definition) is 0. The quantitative estimate of drug-likeness (QED) is 0.416. The Bertz CT molecular complexity index is 425. The van der Waals surface area contributed by atoms with Gasteiger partial charge in [0.15, 0.2) is 6.04 Å². The van der Waals surface area contributed by atoms with Crippen LogP contribution in [-0.4, -0.2) is 32.8 Å². The highest BCUT2D eigenvalue weighted by Gasteiger charge is 2.41. The summed E-state index contributed by atoms with van der Waals surface area (Å²) in [5.41, 5.74) is 0. The summed E-state index contributed by atoms with van der Waals surface area (Å²) in [4.78, 5) is 24.7. The summed E-state index contributed by atoms with van der Waals surface area (Å²) in [5, 5.41) is 14.1. The molecule has 8 heteroatoms. The molecule has 1 unspecified atom stereocenters. The van der Waals surface area contributed by atoms with Crippen LogP contribution in [0.5, 0.6) is 0 Å². The molecule has 1 aromatic rings. The zero-order chi connectivity index (χ0) is 11.7. The number of carbonyl (C=O) groups is 1. The number of nitrogens with zero attached hydrogens (tertiary/aromatic N) is 4. The molecule has 1 aliphatic carbocycles. The summed E-state index contributed by atoms with van der Waals surface area (Å²) in [7, 11) is 1.28. The van der Waals surface area contributed by atoms with Crippen LogP contribution in [0.25, 0.3) is 0 Å². The molecule has 0 bridgehead atoms. The lowest BCUT2D eigenvalue weighted by Gasteiger charge is -2.09. The summed E-state index contributed by atoms with van der Waals surface area (Å²) in [5.74, 6) is -0.800. The lowest BCUT2D eigenvalue weighted by atomic mass is 10.2. The van der Waals surface area contributed by atoms with Crippen LogP contribution in [0.15, 0.2) is 6.33 Å². The molecule has 2 rings (SSSR count). The van der Waals surface area contributed by atoms with Gasteiger partial charge in [0.1, 0.15) is 0 Å². The highest BCUT2D eigenvalue weighted by Crippen LogP contribution is 2.40. The van der Waals surface area contributed by atoms with E-state index in [1.54, 1.807) is 0 Å². The average molecular weight is 226 g/mol. The second kappa shape index (κ2) is 3.87. The summed E-state index contributed by atoms with van der Waals surface area (Å²) >= 11 is 0. The molecule has 1 saturated carbocycles. The van der Waals surface area contributed by atoms with Crippen LogP contribution >= 0.6 is 0 Å². The summed E-state index contributed by atoms with van der Waals surface area (Å²) in [6, 6.07) is -0.591. The van der Waals surface area contributed by atoms with Gasteiger partial charge in [0.2, 0.25) is 6.33 Å². The van der Waals surface area contributed by atoms with Crippen molar-refractivity contribution in [1.82, 2.24) is 14.8 Å². The molecule has 0 radical (unpaired) electrons. The molecule has 0 spiro atoms. The van der Waals surface area contributed by atoms with Crippen molar-refractivity contribution < 1.29 is 14.5 Å². The van der Waals surface area contributed by atoms with E-state index in [4.69, 9.17) is 0 Å². The fourth-order valence-electron chi connectivity index (χ4n) is 1.53. The molecule has 0 N–H and O–H groups in total. The Hall–Kier alpha value is -1.99. The van der Waals surface area contributed by atoms with Gasteiger partial charge < -0.3 is 14.9 Å². The van der Waals surface area contributed by atoms with Gasteiger partial charge in [-0.15, -0.1) is 0 Å². The van der Waals surface area contributed by atoms with Crippen molar-refractivity contribution >= 4 is 11.9 Å². The highest BCUT2D eigenvalue weighted by molar-refractivity contribution is 5.74. The van der Waals surface area contributed by atoms with E-state index in [0.717, 1.165) is 12.8 Å². The summed E-state index contributed by atoms with van der Waals surface area (Å²) < 4.78 is 5.85. The summed E-state index contributed by atoms with van der Waals surface area (Å²) in [6.45, 7) is 0. The van der Waals surface area contributed by atoms with Gasteiger partial charge in [-0.25, -0.2) is 4.79 Å². The lowest BCUT2D eigenvalue weighted by Crippen LogP contribution is -2.23. The van der Waals surface area contributed by atoms with Crippen LogP contribution in [-0.2, 0) is 9.53 Å². The first-order valence-corrected chi connectivity index (χ1v) is 4.77. The largest absolute Gasteiger partial charge is 0.490 e. The van der Waals surface area contributed by atoms with Crippen LogP contribution in [0.2, 0.25) is 0 Å². The molecule has 0 amide bonds. The molecule has 16 heavy (non-hydrogen) atoms. The number of carbonyl (C=O) groups excluding carboxylic acids is 1. The summed E-state index contributed by atoms with van der Waals surface area (Å²) in [6.07, 6.45) is 2.99.